The fourth-order valence-corrected chi connectivity index (χ4v) is 1.76. The molecule has 112 valence electrons. The third-order valence-corrected chi connectivity index (χ3v) is 2.89. The Hall–Kier alpha value is -2.84. The number of ether oxygens (including phenoxy) is 1. The highest BCUT2D eigenvalue weighted by Crippen LogP contribution is 2.18. The second-order valence-corrected chi connectivity index (χ2v) is 4.41. The molecular formula is C17H16N2O3. The van der Waals surface area contributed by atoms with Crippen molar-refractivity contribution < 1.29 is 14.6 Å². The van der Waals surface area contributed by atoms with Gasteiger partial charge in [-0.2, -0.15) is 0 Å². The van der Waals surface area contributed by atoms with Gasteiger partial charge in [-0.3, -0.25) is 4.79 Å². The summed E-state index contributed by atoms with van der Waals surface area (Å²) in [6.07, 6.45) is 0.390. The first-order chi connectivity index (χ1) is 10.7. The summed E-state index contributed by atoms with van der Waals surface area (Å²) in [4.78, 5) is 15.9. The van der Waals surface area contributed by atoms with Gasteiger partial charge < -0.3 is 15.2 Å². The van der Waals surface area contributed by atoms with Gasteiger partial charge in [0.2, 0.25) is 0 Å². The molecule has 1 heterocycles. The lowest BCUT2D eigenvalue weighted by atomic mass is 10.1. The predicted octanol–water partition coefficient (Wildman–Crippen LogP) is 1.29. The molecule has 1 unspecified atom stereocenters. The lowest BCUT2D eigenvalue weighted by Gasteiger charge is -2.11. The normalized spacial score (nSPS) is 11.0. The van der Waals surface area contributed by atoms with E-state index in [0.29, 0.717) is 17.0 Å². The summed E-state index contributed by atoms with van der Waals surface area (Å²) in [6.45, 7) is 0.135. The molecule has 5 heteroatoms. The summed E-state index contributed by atoms with van der Waals surface area (Å²) in [6, 6.07) is 12.1. The van der Waals surface area contributed by atoms with Crippen LogP contribution in [0.1, 0.15) is 17.4 Å². The first-order valence-electron chi connectivity index (χ1n) is 6.70. The molecule has 0 aliphatic rings. The van der Waals surface area contributed by atoms with E-state index < -0.39 is 12.0 Å². The fraction of sp³-hybridized carbons (Fsp3) is 0.176. The minimum Gasteiger partial charge on any atom is -0.497 e. The second-order valence-electron chi connectivity index (χ2n) is 4.41. The first kappa shape index (κ1) is 15.5. The SMILES string of the molecule is COc1cccc(C(O)C(=O)NCC#Cc2ccccn2)c1. The summed E-state index contributed by atoms with van der Waals surface area (Å²) >= 11 is 0. The number of nitrogens with one attached hydrogen (secondary N) is 1. The number of methoxy groups -OCH3 is 1. The smallest absolute Gasteiger partial charge is 0.254 e. The van der Waals surface area contributed by atoms with Crippen molar-refractivity contribution in [3.05, 3.63) is 59.9 Å². The molecule has 22 heavy (non-hydrogen) atoms. The van der Waals surface area contributed by atoms with Crippen molar-refractivity contribution in [1.82, 2.24) is 10.3 Å². The van der Waals surface area contributed by atoms with Crippen LogP contribution in [0.25, 0.3) is 0 Å². The molecule has 1 aromatic carbocycles. The fourth-order valence-electron chi connectivity index (χ4n) is 1.76. The molecule has 0 fully saturated rings. The van der Waals surface area contributed by atoms with Gasteiger partial charge in [-0.1, -0.05) is 24.1 Å². The predicted molar refractivity (Wildman–Crippen MR) is 82.1 cm³/mol. The molecule has 0 radical (unpaired) electrons. The van der Waals surface area contributed by atoms with Crippen molar-refractivity contribution in [2.75, 3.05) is 13.7 Å². The van der Waals surface area contributed by atoms with Gasteiger partial charge in [-0.25, -0.2) is 4.98 Å². The maximum Gasteiger partial charge on any atom is 0.254 e. The first-order valence-corrected chi connectivity index (χ1v) is 6.70. The average Bonchev–Trinajstić information content (AvgIpc) is 2.58. The number of aliphatic hydroxyl groups is 1. The van der Waals surface area contributed by atoms with Crippen molar-refractivity contribution in [2.24, 2.45) is 0 Å². The number of rotatable bonds is 4. The monoisotopic (exact) mass is 296 g/mol. The molecule has 1 amide bonds. The molecule has 2 N–H and O–H groups in total. The molecule has 0 saturated heterocycles. The maximum atomic E-state index is 11.9. The minimum absolute atomic E-state index is 0.135. The Morgan fingerprint density at radius 3 is 2.95 bits per heavy atom. The average molecular weight is 296 g/mol. The topological polar surface area (TPSA) is 71.5 Å². The number of hydrogen-bond donors (Lipinski definition) is 2. The van der Waals surface area contributed by atoms with E-state index in [0.717, 1.165) is 0 Å². The zero-order valence-corrected chi connectivity index (χ0v) is 12.1. The number of aromatic nitrogens is 1. The molecule has 1 atom stereocenters. The highest BCUT2D eigenvalue weighted by Gasteiger charge is 2.16. The summed E-state index contributed by atoms with van der Waals surface area (Å²) in [5.74, 6) is 5.67. The van der Waals surface area contributed by atoms with E-state index in [-0.39, 0.29) is 6.54 Å². The Labute approximate surface area is 129 Å². The zero-order chi connectivity index (χ0) is 15.8. The molecule has 5 nitrogen and oxygen atoms in total. The number of hydrogen-bond acceptors (Lipinski definition) is 4. The highest BCUT2D eigenvalue weighted by atomic mass is 16.5. The van der Waals surface area contributed by atoms with E-state index in [2.05, 4.69) is 22.1 Å². The van der Waals surface area contributed by atoms with E-state index in [1.165, 1.54) is 7.11 Å². The van der Waals surface area contributed by atoms with Gasteiger partial charge >= 0.3 is 0 Å². The Bertz CT molecular complexity index is 690. The van der Waals surface area contributed by atoms with E-state index in [9.17, 15) is 9.90 Å². The van der Waals surface area contributed by atoms with Crippen molar-refractivity contribution in [3.8, 4) is 17.6 Å². The third kappa shape index (κ3) is 4.33. The van der Waals surface area contributed by atoms with Crippen molar-refractivity contribution in [1.29, 1.82) is 0 Å². The zero-order valence-electron chi connectivity index (χ0n) is 12.1. The number of nitrogens with zero attached hydrogens (tertiary/aromatic N) is 1. The van der Waals surface area contributed by atoms with Crippen LogP contribution in [0.2, 0.25) is 0 Å². The van der Waals surface area contributed by atoms with Crippen LogP contribution in [0.3, 0.4) is 0 Å². The molecule has 1 aromatic heterocycles. The third-order valence-electron chi connectivity index (χ3n) is 2.89. The van der Waals surface area contributed by atoms with Gasteiger partial charge in [0.15, 0.2) is 6.10 Å². The van der Waals surface area contributed by atoms with Gasteiger partial charge in [0.05, 0.1) is 13.7 Å². The lowest BCUT2D eigenvalue weighted by Crippen LogP contribution is -2.29. The number of amides is 1. The molecule has 2 aromatic rings. The van der Waals surface area contributed by atoms with Gasteiger partial charge in [0.1, 0.15) is 11.4 Å². The molecule has 2 rings (SSSR count). The number of benzene rings is 1. The Morgan fingerprint density at radius 1 is 1.36 bits per heavy atom. The van der Waals surface area contributed by atoms with Gasteiger partial charge in [-0.05, 0) is 35.7 Å². The van der Waals surface area contributed by atoms with Crippen LogP contribution < -0.4 is 10.1 Å². The Balaban J connectivity index is 1.90. The molecular weight excluding hydrogens is 280 g/mol. The standard InChI is InChI=1S/C17H16N2O3/c1-22-15-9-4-6-13(12-15)16(20)17(21)19-11-5-8-14-7-2-3-10-18-14/h2-4,6-7,9-10,12,16,20H,11H2,1H3,(H,19,21). The Morgan fingerprint density at radius 2 is 2.23 bits per heavy atom. The van der Waals surface area contributed by atoms with Gasteiger partial charge in [0.25, 0.3) is 5.91 Å². The number of carbonyl (C=O) groups is 1. The summed E-state index contributed by atoms with van der Waals surface area (Å²) < 4.78 is 5.06. The number of carbonyl (C=O) groups excluding carboxylic acids is 1. The van der Waals surface area contributed by atoms with Crippen molar-refractivity contribution >= 4 is 5.91 Å². The maximum absolute atomic E-state index is 11.9. The van der Waals surface area contributed by atoms with Crippen LogP contribution in [0.4, 0.5) is 0 Å². The van der Waals surface area contributed by atoms with Crippen molar-refractivity contribution in [3.63, 3.8) is 0 Å². The van der Waals surface area contributed by atoms with Crippen LogP contribution in [-0.2, 0) is 4.79 Å². The van der Waals surface area contributed by atoms with Gasteiger partial charge in [-0.15, -0.1) is 0 Å². The van der Waals surface area contributed by atoms with Crippen molar-refractivity contribution in [2.45, 2.75) is 6.10 Å². The lowest BCUT2D eigenvalue weighted by molar-refractivity contribution is -0.129. The van der Waals surface area contributed by atoms with E-state index in [4.69, 9.17) is 4.74 Å². The molecule has 0 saturated carbocycles. The van der Waals surface area contributed by atoms with Crippen LogP contribution in [-0.4, -0.2) is 29.7 Å². The van der Waals surface area contributed by atoms with E-state index >= 15 is 0 Å². The summed E-state index contributed by atoms with van der Waals surface area (Å²) in [5, 5.41) is 12.6. The van der Waals surface area contributed by atoms with Crippen LogP contribution in [0.15, 0.2) is 48.7 Å². The molecule has 0 bridgehead atoms. The second kappa shape index (κ2) is 7.81. The minimum atomic E-state index is -1.26. The number of aliphatic hydroxyl groups excluding tert-OH is 1. The van der Waals surface area contributed by atoms with Crippen LogP contribution >= 0.6 is 0 Å². The molecule has 0 aliphatic heterocycles. The number of pyridine rings is 1. The largest absolute Gasteiger partial charge is 0.497 e. The van der Waals surface area contributed by atoms with E-state index in [1.54, 1.807) is 42.6 Å². The van der Waals surface area contributed by atoms with Crippen LogP contribution in [0.5, 0.6) is 5.75 Å². The Kier molecular flexibility index (Phi) is 5.52. The molecule has 0 aliphatic carbocycles. The van der Waals surface area contributed by atoms with Crippen LogP contribution in [0, 0.1) is 11.8 Å². The molecule has 0 spiro atoms. The summed E-state index contributed by atoms with van der Waals surface area (Å²) in [7, 11) is 1.53. The summed E-state index contributed by atoms with van der Waals surface area (Å²) in [5.41, 5.74) is 1.10. The van der Waals surface area contributed by atoms with Gasteiger partial charge in [0, 0.05) is 6.20 Å². The quantitative estimate of drug-likeness (QED) is 0.834. The van der Waals surface area contributed by atoms with E-state index in [1.807, 2.05) is 6.07 Å². The highest BCUT2D eigenvalue weighted by molar-refractivity contribution is 5.82.